The second-order valence-corrected chi connectivity index (χ2v) is 3.38. The van der Waals surface area contributed by atoms with Crippen LogP contribution in [0.15, 0.2) is 0 Å². The lowest BCUT2D eigenvalue weighted by atomic mass is 10.2. The van der Waals surface area contributed by atoms with Gasteiger partial charge in [0.25, 0.3) is 0 Å². The van der Waals surface area contributed by atoms with Crippen LogP contribution < -0.4 is 5.32 Å². The van der Waals surface area contributed by atoms with Crippen molar-refractivity contribution < 1.29 is 19.9 Å². The third-order valence-electron chi connectivity index (χ3n) is 1.54. The van der Waals surface area contributed by atoms with Crippen LogP contribution in [0.25, 0.3) is 0 Å². The average molecular weight is 238 g/mol. The maximum absolute atomic E-state index is 10.1. The molecule has 1 unspecified atom stereocenters. The summed E-state index contributed by atoms with van der Waals surface area (Å²) in [6, 6.07) is 0. The molecule has 4 N–H and O–H groups in total. The highest BCUT2D eigenvalue weighted by molar-refractivity contribution is 6.20. The van der Waals surface area contributed by atoms with E-state index in [2.05, 4.69) is 12.2 Å². The Balaban J connectivity index is 0. The molecule has 0 heterocycles. The van der Waals surface area contributed by atoms with E-state index in [1.807, 2.05) is 0 Å². The zero-order valence-electron chi connectivity index (χ0n) is 8.82. The summed E-state index contributed by atoms with van der Waals surface area (Å²) in [5, 5.41) is 25.0. The average Bonchev–Trinajstić information content (AvgIpc) is 2.16. The van der Waals surface area contributed by atoms with Crippen LogP contribution in [0.4, 0.5) is 0 Å². The van der Waals surface area contributed by atoms with Crippen molar-refractivity contribution in [2.75, 3.05) is 6.54 Å². The minimum atomic E-state index is -0.865. The van der Waals surface area contributed by atoms with Crippen molar-refractivity contribution in [2.24, 2.45) is 0 Å². The Morgan fingerprint density at radius 3 is 2.40 bits per heavy atom. The van der Waals surface area contributed by atoms with E-state index in [-0.39, 0.29) is 19.7 Å². The topological polar surface area (TPSA) is 89.8 Å². The molecule has 0 aliphatic heterocycles. The first-order valence-electron chi connectivity index (χ1n) is 4.77. The van der Waals surface area contributed by atoms with E-state index in [1.165, 1.54) is 0 Å². The molecular formula is C8H18BClNO4. The Hall–Kier alpha value is -0.295. The Morgan fingerprint density at radius 1 is 1.47 bits per heavy atom. The highest BCUT2D eigenvalue weighted by atomic mass is 35.5. The third kappa shape index (κ3) is 19.9. The lowest BCUT2D eigenvalue weighted by Gasteiger charge is -2.08. The Labute approximate surface area is 95.8 Å². The molecule has 0 saturated heterocycles. The summed E-state index contributed by atoms with van der Waals surface area (Å²) in [7, 11) is 0. The van der Waals surface area contributed by atoms with Gasteiger partial charge in [0.15, 0.2) is 0 Å². The van der Waals surface area contributed by atoms with E-state index in [4.69, 9.17) is 26.8 Å². The van der Waals surface area contributed by atoms with Crippen molar-refractivity contribution in [3.63, 3.8) is 0 Å². The monoisotopic (exact) mass is 238 g/mol. The van der Waals surface area contributed by atoms with Crippen LogP contribution in [0.5, 0.6) is 0 Å². The van der Waals surface area contributed by atoms with E-state index in [9.17, 15) is 4.79 Å². The second-order valence-electron chi connectivity index (χ2n) is 2.85. The van der Waals surface area contributed by atoms with Crippen molar-refractivity contribution in [1.82, 2.24) is 5.32 Å². The van der Waals surface area contributed by atoms with Gasteiger partial charge in [0, 0.05) is 0 Å². The van der Waals surface area contributed by atoms with Gasteiger partial charge in [-0.1, -0.05) is 26.2 Å². The summed E-state index contributed by atoms with van der Waals surface area (Å²) in [5.41, 5.74) is -0.201. The predicted molar refractivity (Wildman–Crippen MR) is 59.6 cm³/mol. The van der Waals surface area contributed by atoms with Gasteiger partial charge >= 0.3 is 13.7 Å². The van der Waals surface area contributed by atoms with Crippen molar-refractivity contribution in [3.8, 4) is 0 Å². The normalized spacial score (nSPS) is 11.2. The molecule has 0 fully saturated rings. The quantitative estimate of drug-likeness (QED) is 0.222. The zero-order chi connectivity index (χ0) is 12.1. The number of carboxylic acids is 1. The van der Waals surface area contributed by atoms with Gasteiger partial charge in [0.2, 0.25) is 0 Å². The summed E-state index contributed by atoms with van der Waals surface area (Å²) in [6.45, 7) is 2.06. The third-order valence-corrected chi connectivity index (χ3v) is 1.91. The highest BCUT2D eigenvalue weighted by Crippen LogP contribution is 2.05. The van der Waals surface area contributed by atoms with Gasteiger partial charge in [-0.3, -0.25) is 10.1 Å². The van der Waals surface area contributed by atoms with Gasteiger partial charge in [-0.15, -0.1) is 11.6 Å². The van der Waals surface area contributed by atoms with Gasteiger partial charge in [-0.05, 0) is 6.42 Å². The summed E-state index contributed by atoms with van der Waals surface area (Å²) in [6.07, 6.45) is 4.19. The van der Waals surface area contributed by atoms with E-state index in [0.717, 1.165) is 25.7 Å². The minimum Gasteiger partial charge on any atom is -0.480 e. The summed E-state index contributed by atoms with van der Waals surface area (Å²) >= 11 is 5.79. The summed E-state index contributed by atoms with van der Waals surface area (Å²) < 4.78 is 0. The molecule has 1 radical (unpaired) electrons. The zero-order valence-corrected chi connectivity index (χ0v) is 9.57. The van der Waals surface area contributed by atoms with Crippen molar-refractivity contribution in [1.29, 1.82) is 0 Å². The molecule has 0 aromatic carbocycles. The predicted octanol–water partition coefficient (Wildman–Crippen LogP) is 0.311. The van der Waals surface area contributed by atoms with Crippen LogP contribution in [0.3, 0.4) is 0 Å². The number of nitrogens with one attached hydrogen (secondary N) is 1. The second kappa shape index (κ2) is 13.7. The van der Waals surface area contributed by atoms with Gasteiger partial charge in [-0.25, -0.2) is 0 Å². The molecule has 0 rings (SSSR count). The number of alkyl halides is 1. The molecule has 0 saturated carbocycles. The van der Waals surface area contributed by atoms with Crippen LogP contribution in [-0.2, 0) is 4.79 Å². The molecular weight excluding hydrogens is 220 g/mol. The summed E-state index contributed by atoms with van der Waals surface area (Å²) in [5.74, 6) is -0.865. The first-order valence-corrected chi connectivity index (χ1v) is 5.21. The fraction of sp³-hybridized carbons (Fsp3) is 0.875. The van der Waals surface area contributed by atoms with Gasteiger partial charge in [-0.2, -0.15) is 0 Å². The minimum absolute atomic E-state index is 0. The molecule has 0 aliphatic rings. The molecule has 0 bridgehead atoms. The number of hydrogen-bond acceptors (Lipinski definition) is 4. The molecule has 1 atom stereocenters. The number of hydrogen-bond donors (Lipinski definition) is 4. The van der Waals surface area contributed by atoms with Crippen LogP contribution in [0.1, 0.15) is 32.6 Å². The molecule has 0 spiro atoms. The van der Waals surface area contributed by atoms with Crippen molar-refractivity contribution in [2.45, 2.75) is 38.1 Å². The molecule has 0 aliphatic carbocycles. The summed E-state index contributed by atoms with van der Waals surface area (Å²) in [4.78, 5) is 10.1. The SMILES string of the molecule is CCCCCC(Cl)NCC(=O)O.O[B]O. The number of halogens is 1. The van der Waals surface area contributed by atoms with Crippen molar-refractivity contribution >= 4 is 25.3 Å². The number of carbonyl (C=O) groups is 1. The van der Waals surface area contributed by atoms with Gasteiger partial charge in [0.05, 0.1) is 12.0 Å². The maximum Gasteiger partial charge on any atom is 0.482 e. The first-order chi connectivity index (χ1) is 7.08. The van der Waals surface area contributed by atoms with Crippen LogP contribution >= 0.6 is 11.6 Å². The van der Waals surface area contributed by atoms with E-state index in [1.54, 1.807) is 0 Å². The number of rotatable bonds is 7. The first kappa shape index (κ1) is 17.1. The maximum atomic E-state index is 10.1. The fourth-order valence-electron chi connectivity index (χ4n) is 0.874. The largest absolute Gasteiger partial charge is 0.482 e. The van der Waals surface area contributed by atoms with Crippen LogP contribution in [0.2, 0.25) is 0 Å². The fourth-order valence-corrected chi connectivity index (χ4v) is 1.11. The van der Waals surface area contributed by atoms with E-state index >= 15 is 0 Å². The lowest BCUT2D eigenvalue weighted by Crippen LogP contribution is -2.29. The lowest BCUT2D eigenvalue weighted by molar-refractivity contribution is -0.136. The molecule has 7 heteroatoms. The Kier molecular flexibility index (Phi) is 15.6. The van der Waals surface area contributed by atoms with Gasteiger partial charge < -0.3 is 15.2 Å². The van der Waals surface area contributed by atoms with E-state index in [0.29, 0.717) is 0 Å². The van der Waals surface area contributed by atoms with Crippen LogP contribution in [0, 0.1) is 0 Å². The molecule has 89 valence electrons. The van der Waals surface area contributed by atoms with Crippen molar-refractivity contribution in [3.05, 3.63) is 0 Å². The van der Waals surface area contributed by atoms with Gasteiger partial charge in [0.1, 0.15) is 0 Å². The highest BCUT2D eigenvalue weighted by Gasteiger charge is 2.04. The van der Waals surface area contributed by atoms with Crippen LogP contribution in [-0.4, -0.2) is 40.9 Å². The Morgan fingerprint density at radius 2 is 2.00 bits per heavy atom. The smallest absolute Gasteiger partial charge is 0.480 e. The number of aliphatic carboxylic acids is 1. The molecule has 0 amide bonds. The molecule has 0 aromatic rings. The Bertz CT molecular complexity index is 151. The van der Waals surface area contributed by atoms with E-state index < -0.39 is 5.97 Å². The number of carboxylic acid groups (broad SMARTS) is 1. The standard InChI is InChI=1S/C8H16ClNO2.BH2O2/c1-2-3-4-5-7(9)10-6-8(11)12;2-1-3/h7,10H,2-6H2,1H3,(H,11,12);2-3H. The molecule has 15 heavy (non-hydrogen) atoms. The molecule has 0 aromatic heterocycles. The number of unbranched alkanes of at least 4 members (excludes halogenated alkanes) is 2. The molecule has 5 nitrogen and oxygen atoms in total.